The van der Waals surface area contributed by atoms with Crippen LogP contribution in [0, 0.1) is 5.41 Å². The third kappa shape index (κ3) is 2.87. The van der Waals surface area contributed by atoms with Gasteiger partial charge in [0.1, 0.15) is 0 Å². The van der Waals surface area contributed by atoms with Crippen LogP contribution in [0.4, 0.5) is 4.79 Å². The van der Waals surface area contributed by atoms with E-state index < -0.39 is 11.4 Å². The number of likely N-dealkylation sites (tertiary alicyclic amines) is 1. The topological polar surface area (TPSA) is 69.6 Å². The molecule has 2 amide bonds. The molecule has 1 aliphatic heterocycles. The second-order valence-corrected chi connectivity index (χ2v) is 4.57. The maximum absolute atomic E-state index is 11.7. The molecule has 0 aromatic rings. The second kappa shape index (κ2) is 5.18. The Balaban J connectivity index is 2.43. The van der Waals surface area contributed by atoms with Crippen molar-refractivity contribution in [1.82, 2.24) is 10.2 Å². The van der Waals surface area contributed by atoms with E-state index in [0.29, 0.717) is 6.42 Å². The van der Waals surface area contributed by atoms with E-state index in [1.54, 1.807) is 11.8 Å². The number of carbonyl (C=O) groups is 2. The molecule has 5 nitrogen and oxygen atoms in total. The Bertz CT molecular complexity index is 274. The first-order valence-corrected chi connectivity index (χ1v) is 5.76. The van der Waals surface area contributed by atoms with Crippen LogP contribution >= 0.6 is 0 Å². The van der Waals surface area contributed by atoms with Gasteiger partial charge in [0.05, 0.1) is 5.41 Å². The predicted molar refractivity (Wildman–Crippen MR) is 60.2 cm³/mol. The highest BCUT2D eigenvalue weighted by Crippen LogP contribution is 2.20. The molecule has 1 heterocycles. The number of hydrogen-bond donors (Lipinski definition) is 2. The van der Waals surface area contributed by atoms with E-state index in [4.69, 9.17) is 5.11 Å². The van der Waals surface area contributed by atoms with Crippen LogP contribution in [0.2, 0.25) is 0 Å². The van der Waals surface area contributed by atoms with E-state index in [1.807, 2.05) is 6.92 Å². The van der Waals surface area contributed by atoms with Crippen molar-refractivity contribution < 1.29 is 14.7 Å². The number of nitrogens with zero attached hydrogens (tertiary/aromatic N) is 1. The maximum atomic E-state index is 11.7. The number of carboxylic acids is 1. The molecule has 0 aliphatic carbocycles. The molecule has 1 fully saturated rings. The van der Waals surface area contributed by atoms with Gasteiger partial charge in [-0.2, -0.15) is 0 Å². The number of amides is 2. The lowest BCUT2D eigenvalue weighted by atomic mass is 9.88. The van der Waals surface area contributed by atoms with Crippen molar-refractivity contribution in [3.63, 3.8) is 0 Å². The largest absolute Gasteiger partial charge is 0.481 e. The minimum atomic E-state index is -0.866. The number of hydrogen-bond acceptors (Lipinski definition) is 2. The van der Waals surface area contributed by atoms with E-state index >= 15 is 0 Å². The number of aliphatic carboxylic acids is 1. The van der Waals surface area contributed by atoms with E-state index in [1.165, 1.54) is 0 Å². The molecular formula is C11H20N2O3. The van der Waals surface area contributed by atoms with Gasteiger partial charge in [-0.25, -0.2) is 4.79 Å². The van der Waals surface area contributed by atoms with Gasteiger partial charge in [-0.1, -0.05) is 6.92 Å². The first kappa shape index (κ1) is 12.8. The highest BCUT2D eigenvalue weighted by molar-refractivity contribution is 5.78. The lowest BCUT2D eigenvalue weighted by molar-refractivity contribution is -0.147. The summed E-state index contributed by atoms with van der Waals surface area (Å²) in [5.41, 5.74) is -0.866. The third-order valence-corrected chi connectivity index (χ3v) is 3.32. The normalized spacial score (nSPS) is 19.2. The minimum Gasteiger partial charge on any atom is -0.481 e. The molecule has 0 bridgehead atoms. The predicted octanol–water partition coefficient (Wildman–Crippen LogP) is 1.29. The molecule has 92 valence electrons. The molecule has 1 aliphatic rings. The molecule has 16 heavy (non-hydrogen) atoms. The molecule has 2 N–H and O–H groups in total. The quantitative estimate of drug-likeness (QED) is 0.761. The van der Waals surface area contributed by atoms with Crippen LogP contribution in [0.25, 0.3) is 0 Å². The Morgan fingerprint density at radius 1 is 1.38 bits per heavy atom. The Morgan fingerprint density at radius 2 is 1.94 bits per heavy atom. The molecule has 0 aromatic carbocycles. The number of carbonyl (C=O) groups excluding carboxylic acids is 1. The summed E-state index contributed by atoms with van der Waals surface area (Å²) in [5.74, 6) is -0.864. The summed E-state index contributed by atoms with van der Waals surface area (Å²) in [6.07, 6.45) is 2.58. The fourth-order valence-electron chi connectivity index (χ4n) is 1.65. The Labute approximate surface area is 95.8 Å². The summed E-state index contributed by atoms with van der Waals surface area (Å²) in [7, 11) is 0. The maximum Gasteiger partial charge on any atom is 0.317 e. The Kier molecular flexibility index (Phi) is 4.15. The number of carboxylic acid groups (broad SMARTS) is 1. The summed E-state index contributed by atoms with van der Waals surface area (Å²) in [6.45, 7) is 5.22. The molecule has 0 radical (unpaired) electrons. The number of rotatable bonds is 4. The van der Waals surface area contributed by atoms with E-state index in [0.717, 1.165) is 25.9 Å². The third-order valence-electron chi connectivity index (χ3n) is 3.32. The molecule has 5 heteroatoms. The number of urea groups is 1. The van der Waals surface area contributed by atoms with Crippen LogP contribution in [0.5, 0.6) is 0 Å². The molecule has 0 aromatic heterocycles. The van der Waals surface area contributed by atoms with Gasteiger partial charge in [-0.3, -0.25) is 4.79 Å². The van der Waals surface area contributed by atoms with E-state index in [-0.39, 0.29) is 12.6 Å². The van der Waals surface area contributed by atoms with Crippen molar-refractivity contribution in [1.29, 1.82) is 0 Å². The molecule has 0 spiro atoms. The van der Waals surface area contributed by atoms with Crippen molar-refractivity contribution in [2.75, 3.05) is 19.6 Å². The van der Waals surface area contributed by atoms with Crippen molar-refractivity contribution in [2.45, 2.75) is 33.1 Å². The van der Waals surface area contributed by atoms with Gasteiger partial charge < -0.3 is 15.3 Å². The van der Waals surface area contributed by atoms with Gasteiger partial charge in [0, 0.05) is 19.6 Å². The van der Waals surface area contributed by atoms with E-state index in [9.17, 15) is 9.59 Å². The van der Waals surface area contributed by atoms with Gasteiger partial charge in [-0.05, 0) is 26.2 Å². The van der Waals surface area contributed by atoms with Crippen molar-refractivity contribution in [2.24, 2.45) is 5.41 Å². The molecule has 1 unspecified atom stereocenters. The van der Waals surface area contributed by atoms with Crippen LogP contribution in [-0.2, 0) is 4.79 Å². The molecular weight excluding hydrogens is 208 g/mol. The van der Waals surface area contributed by atoms with Gasteiger partial charge in [0.25, 0.3) is 0 Å². The lowest BCUT2D eigenvalue weighted by Gasteiger charge is -2.25. The monoisotopic (exact) mass is 228 g/mol. The molecule has 1 atom stereocenters. The van der Waals surface area contributed by atoms with Crippen molar-refractivity contribution in [3.8, 4) is 0 Å². The van der Waals surface area contributed by atoms with Crippen LogP contribution in [-0.4, -0.2) is 41.6 Å². The smallest absolute Gasteiger partial charge is 0.317 e. The van der Waals surface area contributed by atoms with Gasteiger partial charge in [0.15, 0.2) is 0 Å². The van der Waals surface area contributed by atoms with E-state index in [2.05, 4.69) is 5.32 Å². The SMILES string of the molecule is CCC(C)(CNC(=O)N1CCCC1)C(=O)O. The fraction of sp³-hybridized carbons (Fsp3) is 0.818. The lowest BCUT2D eigenvalue weighted by Crippen LogP contribution is -2.45. The zero-order valence-corrected chi connectivity index (χ0v) is 9.95. The average Bonchev–Trinajstić information content (AvgIpc) is 2.78. The standard InChI is InChI=1S/C11H20N2O3/c1-3-11(2,9(14)15)8-12-10(16)13-6-4-5-7-13/h3-8H2,1-2H3,(H,12,16)(H,14,15). The summed E-state index contributed by atoms with van der Waals surface area (Å²) in [4.78, 5) is 24.4. The van der Waals surface area contributed by atoms with Gasteiger partial charge in [0.2, 0.25) is 0 Å². The van der Waals surface area contributed by atoms with Gasteiger partial charge >= 0.3 is 12.0 Å². The minimum absolute atomic E-state index is 0.140. The number of nitrogens with one attached hydrogen (secondary N) is 1. The van der Waals surface area contributed by atoms with Crippen LogP contribution < -0.4 is 5.32 Å². The zero-order chi connectivity index (χ0) is 12.2. The zero-order valence-electron chi connectivity index (χ0n) is 9.95. The summed E-state index contributed by atoms with van der Waals surface area (Å²) >= 11 is 0. The highest BCUT2D eigenvalue weighted by Gasteiger charge is 2.32. The van der Waals surface area contributed by atoms with Crippen LogP contribution in [0.15, 0.2) is 0 Å². The summed E-state index contributed by atoms with van der Waals surface area (Å²) in [6, 6.07) is -0.140. The Morgan fingerprint density at radius 3 is 2.38 bits per heavy atom. The van der Waals surface area contributed by atoms with Crippen molar-refractivity contribution >= 4 is 12.0 Å². The molecule has 0 saturated carbocycles. The second-order valence-electron chi connectivity index (χ2n) is 4.57. The van der Waals surface area contributed by atoms with Crippen LogP contribution in [0.3, 0.4) is 0 Å². The first-order chi connectivity index (χ1) is 7.49. The molecule has 1 saturated heterocycles. The van der Waals surface area contributed by atoms with Gasteiger partial charge in [-0.15, -0.1) is 0 Å². The van der Waals surface area contributed by atoms with Crippen molar-refractivity contribution in [3.05, 3.63) is 0 Å². The van der Waals surface area contributed by atoms with Crippen LogP contribution in [0.1, 0.15) is 33.1 Å². The first-order valence-electron chi connectivity index (χ1n) is 5.76. The Hall–Kier alpha value is -1.26. The molecule has 1 rings (SSSR count). The summed E-state index contributed by atoms with van der Waals surface area (Å²) in [5, 5.41) is 11.7. The fourth-order valence-corrected chi connectivity index (χ4v) is 1.65. The summed E-state index contributed by atoms with van der Waals surface area (Å²) < 4.78 is 0. The average molecular weight is 228 g/mol. The highest BCUT2D eigenvalue weighted by atomic mass is 16.4.